The van der Waals surface area contributed by atoms with Crippen molar-refractivity contribution in [3.05, 3.63) is 93.4 Å². The van der Waals surface area contributed by atoms with E-state index in [0.717, 1.165) is 43.9 Å². The number of guanidine groups is 1. The number of hydrogen-bond donors (Lipinski definition) is 1. The van der Waals surface area contributed by atoms with Gasteiger partial charge in [-0.1, -0.05) is 60.2 Å². The lowest BCUT2D eigenvalue weighted by atomic mass is 9.90. The Kier molecular flexibility index (Phi) is 5.52. The molecule has 0 bridgehead atoms. The first-order chi connectivity index (χ1) is 15.6. The van der Waals surface area contributed by atoms with Crippen molar-refractivity contribution in [1.82, 2.24) is 14.5 Å². The highest BCUT2D eigenvalue weighted by molar-refractivity contribution is 5.93. The molecule has 1 fully saturated rings. The third kappa shape index (κ3) is 4.17. The molecule has 2 aliphatic rings. The standard InChI is InChI=1S/C26H29N5O/c1-18-8-10-22(11-9-18)24-28-25(29-26-27-19(2)16-23(32)31(24)26)30-14-12-21(13-15-30)17-20-6-4-3-5-7-20/h3-11,16,21,24H,12-15,17H2,1-2H3,(H,27,28,29). The normalized spacial score (nSPS) is 18.6. The zero-order chi connectivity index (χ0) is 22.1. The Morgan fingerprint density at radius 2 is 1.72 bits per heavy atom. The molecule has 0 saturated carbocycles. The van der Waals surface area contributed by atoms with Gasteiger partial charge in [0.2, 0.25) is 11.9 Å². The van der Waals surface area contributed by atoms with Crippen LogP contribution in [0.25, 0.3) is 0 Å². The minimum atomic E-state index is -0.413. The number of aromatic nitrogens is 2. The van der Waals surface area contributed by atoms with E-state index < -0.39 is 6.17 Å². The number of likely N-dealkylation sites (tertiary alicyclic amines) is 1. The Bertz CT molecular complexity index is 1180. The first-order valence-electron chi connectivity index (χ1n) is 11.4. The second kappa shape index (κ2) is 8.61. The quantitative estimate of drug-likeness (QED) is 0.682. The van der Waals surface area contributed by atoms with Gasteiger partial charge in [0.05, 0.1) is 0 Å². The van der Waals surface area contributed by atoms with E-state index in [1.807, 2.05) is 6.92 Å². The number of anilines is 1. The van der Waals surface area contributed by atoms with Gasteiger partial charge in [0.25, 0.3) is 5.56 Å². The van der Waals surface area contributed by atoms with Crippen LogP contribution < -0.4 is 10.9 Å². The summed E-state index contributed by atoms with van der Waals surface area (Å²) in [6.45, 7) is 5.80. The van der Waals surface area contributed by atoms with Gasteiger partial charge in [-0.15, -0.1) is 0 Å². The van der Waals surface area contributed by atoms with Gasteiger partial charge in [-0.05, 0) is 50.2 Å². The number of aryl methyl sites for hydroxylation is 2. The minimum Gasteiger partial charge on any atom is -0.343 e. The van der Waals surface area contributed by atoms with Gasteiger partial charge in [0.15, 0.2) is 6.17 Å². The summed E-state index contributed by atoms with van der Waals surface area (Å²) in [5.74, 6) is 2.06. The molecule has 3 aromatic rings. The van der Waals surface area contributed by atoms with Crippen LogP contribution in [0.1, 0.15) is 41.4 Å². The fourth-order valence-electron chi connectivity index (χ4n) is 4.66. The van der Waals surface area contributed by atoms with E-state index in [9.17, 15) is 4.79 Å². The SMILES string of the molecule is Cc1ccc(C2N=C(N3CCC(Cc4ccccc4)CC3)Nc3nc(C)cc(=O)n32)cc1. The fourth-order valence-corrected chi connectivity index (χ4v) is 4.66. The molecule has 1 saturated heterocycles. The van der Waals surface area contributed by atoms with Crippen LogP contribution >= 0.6 is 0 Å². The lowest BCUT2D eigenvalue weighted by Crippen LogP contribution is -2.46. The monoisotopic (exact) mass is 427 g/mol. The topological polar surface area (TPSA) is 62.5 Å². The Balaban J connectivity index is 1.39. The first kappa shape index (κ1) is 20.5. The molecular formula is C26H29N5O. The van der Waals surface area contributed by atoms with Crippen LogP contribution in [0.4, 0.5) is 5.95 Å². The van der Waals surface area contributed by atoms with Crippen molar-refractivity contribution in [2.24, 2.45) is 10.9 Å². The highest BCUT2D eigenvalue weighted by Gasteiger charge is 2.29. The molecule has 2 aliphatic heterocycles. The van der Waals surface area contributed by atoms with E-state index in [4.69, 9.17) is 4.99 Å². The number of nitrogens with one attached hydrogen (secondary N) is 1. The predicted octanol–water partition coefficient (Wildman–Crippen LogP) is 4.14. The molecule has 2 aromatic carbocycles. The number of nitrogens with zero attached hydrogens (tertiary/aromatic N) is 4. The lowest BCUT2D eigenvalue weighted by molar-refractivity contribution is 0.262. The van der Waals surface area contributed by atoms with Crippen LogP contribution in [-0.4, -0.2) is 33.5 Å². The van der Waals surface area contributed by atoms with Gasteiger partial charge in [0.1, 0.15) is 0 Å². The summed E-state index contributed by atoms with van der Waals surface area (Å²) in [6.07, 6.45) is 2.96. The van der Waals surface area contributed by atoms with Crippen molar-refractivity contribution in [2.45, 2.75) is 39.3 Å². The van der Waals surface area contributed by atoms with Crippen LogP contribution in [0.3, 0.4) is 0 Å². The van der Waals surface area contributed by atoms with Crippen molar-refractivity contribution in [2.75, 3.05) is 18.4 Å². The molecule has 3 heterocycles. The number of fused-ring (bicyclic) bond motifs is 1. The number of aliphatic imine (C=N–C) groups is 1. The van der Waals surface area contributed by atoms with Crippen LogP contribution in [0.5, 0.6) is 0 Å². The smallest absolute Gasteiger partial charge is 0.257 e. The molecule has 0 radical (unpaired) electrons. The maximum absolute atomic E-state index is 12.8. The molecule has 1 atom stereocenters. The lowest BCUT2D eigenvalue weighted by Gasteiger charge is -2.37. The minimum absolute atomic E-state index is 0.0880. The number of rotatable bonds is 3. The summed E-state index contributed by atoms with van der Waals surface area (Å²) in [5.41, 5.74) is 4.20. The zero-order valence-corrected chi connectivity index (χ0v) is 18.7. The van der Waals surface area contributed by atoms with Crippen molar-refractivity contribution < 1.29 is 0 Å². The molecule has 32 heavy (non-hydrogen) atoms. The third-order valence-corrected chi connectivity index (χ3v) is 6.45. The molecule has 1 unspecified atom stereocenters. The average Bonchev–Trinajstić information content (AvgIpc) is 2.80. The number of hydrogen-bond acceptors (Lipinski definition) is 5. The first-order valence-corrected chi connectivity index (χ1v) is 11.4. The molecule has 1 N–H and O–H groups in total. The van der Waals surface area contributed by atoms with E-state index in [1.165, 1.54) is 11.1 Å². The van der Waals surface area contributed by atoms with Crippen molar-refractivity contribution in [3.63, 3.8) is 0 Å². The second-order valence-corrected chi connectivity index (χ2v) is 8.91. The Morgan fingerprint density at radius 1 is 1.00 bits per heavy atom. The van der Waals surface area contributed by atoms with E-state index in [2.05, 4.69) is 76.7 Å². The summed E-state index contributed by atoms with van der Waals surface area (Å²) in [6, 6.07) is 20.5. The molecule has 6 nitrogen and oxygen atoms in total. The maximum atomic E-state index is 12.8. The Morgan fingerprint density at radius 3 is 2.44 bits per heavy atom. The van der Waals surface area contributed by atoms with Gasteiger partial charge in [-0.3, -0.25) is 14.7 Å². The maximum Gasteiger partial charge on any atom is 0.257 e. The summed E-state index contributed by atoms with van der Waals surface area (Å²) in [4.78, 5) is 24.8. The average molecular weight is 428 g/mol. The summed E-state index contributed by atoms with van der Waals surface area (Å²) in [5, 5.41) is 3.35. The van der Waals surface area contributed by atoms with Crippen LogP contribution in [0.2, 0.25) is 0 Å². The van der Waals surface area contributed by atoms with Crippen molar-refractivity contribution >= 4 is 11.9 Å². The highest BCUT2D eigenvalue weighted by Crippen LogP contribution is 2.28. The van der Waals surface area contributed by atoms with Gasteiger partial charge in [-0.2, -0.15) is 0 Å². The molecule has 6 heteroatoms. The molecule has 1 aromatic heterocycles. The van der Waals surface area contributed by atoms with Gasteiger partial charge < -0.3 is 4.90 Å². The van der Waals surface area contributed by atoms with Gasteiger partial charge in [0, 0.05) is 24.8 Å². The third-order valence-electron chi connectivity index (χ3n) is 6.45. The molecule has 0 aliphatic carbocycles. The summed E-state index contributed by atoms with van der Waals surface area (Å²) < 4.78 is 1.66. The molecule has 0 amide bonds. The van der Waals surface area contributed by atoms with Crippen molar-refractivity contribution in [1.29, 1.82) is 0 Å². The highest BCUT2D eigenvalue weighted by atomic mass is 16.1. The largest absolute Gasteiger partial charge is 0.343 e. The van der Waals surface area contributed by atoms with Crippen molar-refractivity contribution in [3.8, 4) is 0 Å². The van der Waals surface area contributed by atoms with Gasteiger partial charge in [-0.25, -0.2) is 9.98 Å². The molecular weight excluding hydrogens is 398 g/mol. The number of piperidine rings is 1. The van der Waals surface area contributed by atoms with Gasteiger partial charge >= 0.3 is 0 Å². The van der Waals surface area contributed by atoms with E-state index in [-0.39, 0.29) is 5.56 Å². The Hall–Kier alpha value is -3.41. The Labute approximate surface area is 188 Å². The zero-order valence-electron chi connectivity index (χ0n) is 18.7. The predicted molar refractivity (Wildman–Crippen MR) is 128 cm³/mol. The van der Waals surface area contributed by atoms with E-state index >= 15 is 0 Å². The second-order valence-electron chi connectivity index (χ2n) is 8.91. The summed E-state index contributed by atoms with van der Waals surface area (Å²) >= 11 is 0. The van der Waals surface area contributed by atoms with Crippen LogP contribution in [0.15, 0.2) is 70.5 Å². The van der Waals surface area contributed by atoms with E-state index in [1.54, 1.807) is 10.6 Å². The van der Waals surface area contributed by atoms with E-state index in [0.29, 0.717) is 17.6 Å². The van der Waals surface area contributed by atoms with Crippen LogP contribution in [-0.2, 0) is 6.42 Å². The van der Waals surface area contributed by atoms with Crippen LogP contribution in [0, 0.1) is 19.8 Å². The molecule has 164 valence electrons. The molecule has 5 rings (SSSR count). The fraction of sp³-hybridized carbons (Fsp3) is 0.346. The molecule has 0 spiro atoms. The summed E-state index contributed by atoms with van der Waals surface area (Å²) in [7, 11) is 0. The number of benzene rings is 2.